The fraction of sp³-hybridized carbons (Fsp3) is 0.115. The number of carbonyl (C=O) groups is 1. The zero-order valence-electron chi connectivity index (χ0n) is 17.6. The number of amides is 1. The van der Waals surface area contributed by atoms with E-state index in [0.29, 0.717) is 22.6 Å². The Balaban J connectivity index is 1.75. The Hall–Kier alpha value is -3.62. The van der Waals surface area contributed by atoms with Crippen LogP contribution in [-0.4, -0.2) is 5.91 Å². The Morgan fingerprint density at radius 2 is 1.88 bits per heavy atom. The number of rotatable bonds is 6. The van der Waals surface area contributed by atoms with Crippen LogP contribution in [-0.2, 0) is 11.4 Å². The number of nitrogens with zero attached hydrogens (tertiary/aromatic N) is 2. The summed E-state index contributed by atoms with van der Waals surface area (Å²) in [5.74, 6) is 0.207. The number of nitrogens with one attached hydrogen (secondary N) is 1. The number of carbonyl (C=O) groups excluding carboxylic acids is 1. The monoisotopic (exact) mass is 533 g/mol. The Morgan fingerprint density at radius 1 is 1.09 bits per heavy atom. The molecule has 3 rings (SSSR count). The van der Waals surface area contributed by atoms with Crippen molar-refractivity contribution in [2.24, 2.45) is 0 Å². The number of nitriles is 2. The van der Waals surface area contributed by atoms with E-state index in [9.17, 15) is 15.3 Å². The molecule has 1 amide bonds. The standard InChI is InChI=1S/C26H20IN3O2/c1-17-7-8-18(2)24(11-17)30-26(31)22(15-29)12-19-9-10-25(23(27)13-19)32-16-21-6-4-3-5-20(21)14-28/h3-13H,16H2,1-2H3,(H,30,31)/b22-12+. The van der Waals surface area contributed by atoms with Gasteiger partial charge in [-0.1, -0.05) is 36.4 Å². The van der Waals surface area contributed by atoms with Crippen molar-refractivity contribution in [3.8, 4) is 17.9 Å². The third-order valence-corrected chi connectivity index (χ3v) is 5.64. The predicted molar refractivity (Wildman–Crippen MR) is 133 cm³/mol. The molecular formula is C26H20IN3O2. The van der Waals surface area contributed by atoms with Gasteiger partial charge in [0.15, 0.2) is 0 Å². The number of hydrogen-bond acceptors (Lipinski definition) is 4. The molecule has 0 aliphatic rings. The Morgan fingerprint density at radius 3 is 2.59 bits per heavy atom. The van der Waals surface area contributed by atoms with E-state index in [1.165, 1.54) is 0 Å². The zero-order chi connectivity index (χ0) is 23.1. The summed E-state index contributed by atoms with van der Waals surface area (Å²) in [5, 5.41) is 21.5. The van der Waals surface area contributed by atoms with Gasteiger partial charge in [0.25, 0.3) is 5.91 Å². The first-order chi connectivity index (χ1) is 15.4. The maximum atomic E-state index is 12.6. The third kappa shape index (κ3) is 5.75. The second kappa shape index (κ2) is 10.6. The van der Waals surface area contributed by atoms with Crippen molar-refractivity contribution in [2.45, 2.75) is 20.5 Å². The largest absolute Gasteiger partial charge is 0.488 e. The van der Waals surface area contributed by atoms with E-state index in [2.05, 4.69) is 34.0 Å². The van der Waals surface area contributed by atoms with Crippen molar-refractivity contribution >= 4 is 40.3 Å². The lowest BCUT2D eigenvalue weighted by molar-refractivity contribution is -0.112. The molecular weight excluding hydrogens is 513 g/mol. The van der Waals surface area contributed by atoms with E-state index < -0.39 is 5.91 Å². The topological polar surface area (TPSA) is 85.9 Å². The Labute approximate surface area is 201 Å². The molecule has 0 heterocycles. The Kier molecular flexibility index (Phi) is 7.64. The van der Waals surface area contributed by atoms with E-state index >= 15 is 0 Å². The molecule has 0 saturated carbocycles. The molecule has 3 aromatic rings. The molecule has 0 spiro atoms. The minimum atomic E-state index is -0.454. The molecule has 5 nitrogen and oxygen atoms in total. The van der Waals surface area contributed by atoms with Crippen molar-refractivity contribution in [1.29, 1.82) is 10.5 Å². The van der Waals surface area contributed by atoms with Gasteiger partial charge in [-0.25, -0.2) is 0 Å². The molecule has 0 unspecified atom stereocenters. The van der Waals surface area contributed by atoms with Gasteiger partial charge in [-0.2, -0.15) is 10.5 Å². The summed E-state index contributed by atoms with van der Waals surface area (Å²) in [6.07, 6.45) is 1.55. The van der Waals surface area contributed by atoms with Crippen LogP contribution in [0.1, 0.15) is 27.8 Å². The van der Waals surface area contributed by atoms with E-state index in [-0.39, 0.29) is 12.2 Å². The van der Waals surface area contributed by atoms with Gasteiger partial charge in [-0.3, -0.25) is 4.79 Å². The minimum absolute atomic E-state index is 0.0123. The van der Waals surface area contributed by atoms with Gasteiger partial charge in [-0.15, -0.1) is 0 Å². The quantitative estimate of drug-likeness (QED) is 0.243. The molecule has 32 heavy (non-hydrogen) atoms. The van der Waals surface area contributed by atoms with E-state index in [0.717, 1.165) is 20.3 Å². The van der Waals surface area contributed by atoms with Gasteiger partial charge < -0.3 is 10.1 Å². The van der Waals surface area contributed by atoms with E-state index in [1.54, 1.807) is 24.3 Å². The number of aryl methyl sites for hydroxylation is 2. The number of hydrogen-bond donors (Lipinski definition) is 1. The second-order valence-electron chi connectivity index (χ2n) is 7.19. The molecule has 0 aromatic heterocycles. The predicted octanol–water partition coefficient (Wildman–Crippen LogP) is 5.90. The number of benzene rings is 3. The van der Waals surface area contributed by atoms with Crippen LogP contribution >= 0.6 is 22.6 Å². The minimum Gasteiger partial charge on any atom is -0.488 e. The van der Waals surface area contributed by atoms with Crippen LogP contribution in [0.3, 0.4) is 0 Å². The maximum Gasteiger partial charge on any atom is 0.266 e. The summed E-state index contributed by atoms with van der Waals surface area (Å²) in [6.45, 7) is 4.12. The van der Waals surface area contributed by atoms with Crippen LogP contribution in [0.15, 0.2) is 66.2 Å². The molecule has 0 aliphatic heterocycles. The number of ether oxygens (including phenoxy) is 1. The first-order valence-electron chi connectivity index (χ1n) is 9.82. The van der Waals surface area contributed by atoms with E-state index in [4.69, 9.17) is 4.74 Å². The summed E-state index contributed by atoms with van der Waals surface area (Å²) in [7, 11) is 0. The smallest absolute Gasteiger partial charge is 0.266 e. The number of halogens is 1. The van der Waals surface area contributed by atoms with Crippen molar-refractivity contribution in [3.05, 3.63) is 97.6 Å². The molecule has 0 fully saturated rings. The second-order valence-corrected chi connectivity index (χ2v) is 8.35. The molecule has 1 N–H and O–H groups in total. The first kappa shape index (κ1) is 23.1. The van der Waals surface area contributed by atoms with Crippen LogP contribution in [0.5, 0.6) is 5.75 Å². The highest BCUT2D eigenvalue weighted by molar-refractivity contribution is 14.1. The molecule has 6 heteroatoms. The van der Waals surface area contributed by atoms with Gasteiger partial charge in [0.1, 0.15) is 24.0 Å². The average molecular weight is 533 g/mol. The van der Waals surface area contributed by atoms with Crippen molar-refractivity contribution in [1.82, 2.24) is 0 Å². The normalized spacial score (nSPS) is 10.7. The van der Waals surface area contributed by atoms with Gasteiger partial charge >= 0.3 is 0 Å². The van der Waals surface area contributed by atoms with Gasteiger partial charge in [0.05, 0.1) is 15.2 Å². The van der Waals surface area contributed by atoms with Crippen LogP contribution < -0.4 is 10.1 Å². The first-order valence-corrected chi connectivity index (χ1v) is 10.9. The molecule has 0 saturated heterocycles. The lowest BCUT2D eigenvalue weighted by atomic mass is 10.1. The van der Waals surface area contributed by atoms with Gasteiger partial charge in [0, 0.05) is 11.3 Å². The van der Waals surface area contributed by atoms with Crippen molar-refractivity contribution in [2.75, 3.05) is 5.32 Å². The summed E-state index contributed by atoms with van der Waals surface area (Å²) in [6, 6.07) is 22.6. The Bertz CT molecular complexity index is 1280. The number of anilines is 1. The maximum absolute atomic E-state index is 12.6. The van der Waals surface area contributed by atoms with Gasteiger partial charge in [-0.05, 0) is 83.5 Å². The fourth-order valence-electron chi connectivity index (χ4n) is 3.01. The molecule has 0 atom stereocenters. The lowest BCUT2D eigenvalue weighted by Gasteiger charge is -2.11. The molecule has 0 aliphatic carbocycles. The average Bonchev–Trinajstić information content (AvgIpc) is 2.79. The highest BCUT2D eigenvalue weighted by Gasteiger charge is 2.12. The molecule has 158 valence electrons. The van der Waals surface area contributed by atoms with Crippen molar-refractivity contribution < 1.29 is 9.53 Å². The summed E-state index contributed by atoms with van der Waals surface area (Å²) in [5.41, 5.74) is 4.75. The third-order valence-electron chi connectivity index (χ3n) is 4.79. The van der Waals surface area contributed by atoms with E-state index in [1.807, 2.05) is 62.4 Å². The highest BCUT2D eigenvalue weighted by atomic mass is 127. The highest BCUT2D eigenvalue weighted by Crippen LogP contribution is 2.25. The van der Waals surface area contributed by atoms with Crippen LogP contribution in [0.4, 0.5) is 5.69 Å². The van der Waals surface area contributed by atoms with Crippen molar-refractivity contribution in [3.63, 3.8) is 0 Å². The van der Waals surface area contributed by atoms with Crippen LogP contribution in [0, 0.1) is 40.1 Å². The summed E-state index contributed by atoms with van der Waals surface area (Å²) < 4.78 is 6.71. The van der Waals surface area contributed by atoms with Crippen LogP contribution in [0.2, 0.25) is 0 Å². The van der Waals surface area contributed by atoms with Crippen LogP contribution in [0.25, 0.3) is 6.08 Å². The summed E-state index contributed by atoms with van der Waals surface area (Å²) in [4.78, 5) is 12.6. The molecule has 3 aromatic carbocycles. The van der Waals surface area contributed by atoms with Gasteiger partial charge in [0.2, 0.25) is 0 Å². The molecule has 0 radical (unpaired) electrons. The zero-order valence-corrected chi connectivity index (χ0v) is 19.8. The lowest BCUT2D eigenvalue weighted by Crippen LogP contribution is -2.14. The SMILES string of the molecule is Cc1ccc(C)c(NC(=O)/C(C#N)=C/c2ccc(OCc3ccccc3C#N)c(I)c2)c1. The summed E-state index contributed by atoms with van der Waals surface area (Å²) >= 11 is 2.15. The molecule has 0 bridgehead atoms. The fourth-order valence-corrected chi connectivity index (χ4v) is 3.71.